The van der Waals surface area contributed by atoms with E-state index in [1.165, 1.54) is 0 Å². The van der Waals surface area contributed by atoms with Crippen molar-refractivity contribution in [1.82, 2.24) is 10.3 Å². The maximum Gasteiger partial charge on any atom is 0.257 e. The smallest absolute Gasteiger partial charge is 0.257 e. The Morgan fingerprint density at radius 1 is 1.36 bits per heavy atom. The number of rotatable bonds is 7. The summed E-state index contributed by atoms with van der Waals surface area (Å²) in [5.74, 6) is 0.920. The molecule has 0 aliphatic rings. The average Bonchev–Trinajstić information content (AvgIpc) is 2.96. The summed E-state index contributed by atoms with van der Waals surface area (Å²) in [6.45, 7) is 4.80. The number of nitrogens with zero attached hydrogens (tertiary/aromatic N) is 1. The first-order chi connectivity index (χ1) is 10.5. The fourth-order valence-electron chi connectivity index (χ4n) is 1.74. The van der Waals surface area contributed by atoms with Gasteiger partial charge in [-0.3, -0.25) is 4.79 Å². The Morgan fingerprint density at radius 3 is 2.73 bits per heavy atom. The highest BCUT2D eigenvalue weighted by atomic mass is 35.5. The maximum atomic E-state index is 11.7. The Hall–Kier alpha value is -1.59. The predicted molar refractivity (Wildman–Crippen MR) is 89.9 cm³/mol. The highest BCUT2D eigenvalue weighted by molar-refractivity contribution is 7.09. The second kappa shape index (κ2) is 8.15. The number of hydrogen-bond donors (Lipinski definition) is 1. The molecule has 0 bridgehead atoms. The second-order valence-electron chi connectivity index (χ2n) is 5.16. The molecule has 0 aliphatic heterocycles. The molecule has 1 aromatic heterocycles. The zero-order valence-electron chi connectivity index (χ0n) is 12.6. The number of carbonyl (C=O) groups excluding carboxylic acids is 1. The van der Waals surface area contributed by atoms with Crippen LogP contribution in [0.15, 0.2) is 29.6 Å². The quantitative estimate of drug-likeness (QED) is 0.838. The molecule has 2 aromatic rings. The standard InChI is InChI=1S/C16H19ClN2O2S/c1-11(2)14-10-22-16(19-14)7-8-18-15(20)9-21-13-5-3-12(17)4-6-13/h3-6,10-11H,7-9H2,1-2H3,(H,18,20). The van der Waals surface area contributed by atoms with Crippen LogP contribution >= 0.6 is 22.9 Å². The van der Waals surface area contributed by atoms with Gasteiger partial charge in [-0.2, -0.15) is 0 Å². The van der Waals surface area contributed by atoms with E-state index >= 15 is 0 Å². The largest absolute Gasteiger partial charge is 0.484 e. The van der Waals surface area contributed by atoms with Crippen molar-refractivity contribution in [2.75, 3.05) is 13.2 Å². The van der Waals surface area contributed by atoms with Crippen LogP contribution in [0.3, 0.4) is 0 Å². The monoisotopic (exact) mass is 338 g/mol. The van der Waals surface area contributed by atoms with Gasteiger partial charge in [0.15, 0.2) is 6.61 Å². The van der Waals surface area contributed by atoms with Gasteiger partial charge in [-0.15, -0.1) is 11.3 Å². The van der Waals surface area contributed by atoms with Crippen molar-refractivity contribution in [1.29, 1.82) is 0 Å². The molecule has 0 saturated heterocycles. The summed E-state index contributed by atoms with van der Waals surface area (Å²) in [5.41, 5.74) is 1.11. The molecule has 1 N–H and O–H groups in total. The molecule has 0 radical (unpaired) electrons. The summed E-state index contributed by atoms with van der Waals surface area (Å²) in [7, 11) is 0. The first-order valence-corrected chi connectivity index (χ1v) is 8.39. The number of carbonyl (C=O) groups is 1. The Morgan fingerprint density at radius 2 is 2.09 bits per heavy atom. The van der Waals surface area contributed by atoms with E-state index in [4.69, 9.17) is 16.3 Å². The van der Waals surface area contributed by atoms with Gasteiger partial charge in [-0.25, -0.2) is 4.98 Å². The minimum atomic E-state index is -0.143. The molecule has 0 spiro atoms. The van der Waals surface area contributed by atoms with Gasteiger partial charge in [0.05, 0.1) is 10.7 Å². The number of nitrogens with one attached hydrogen (secondary N) is 1. The number of thiazole rings is 1. The minimum absolute atomic E-state index is 0.00323. The lowest BCUT2D eigenvalue weighted by Crippen LogP contribution is -2.30. The highest BCUT2D eigenvalue weighted by Gasteiger charge is 2.07. The zero-order chi connectivity index (χ0) is 15.9. The molecule has 0 saturated carbocycles. The second-order valence-corrected chi connectivity index (χ2v) is 6.54. The van der Waals surface area contributed by atoms with Gasteiger partial charge in [0.1, 0.15) is 5.75 Å². The maximum absolute atomic E-state index is 11.7. The molecule has 22 heavy (non-hydrogen) atoms. The van der Waals surface area contributed by atoms with Crippen LogP contribution in [0.4, 0.5) is 0 Å². The highest BCUT2D eigenvalue weighted by Crippen LogP contribution is 2.18. The van der Waals surface area contributed by atoms with E-state index < -0.39 is 0 Å². The van der Waals surface area contributed by atoms with Crippen LogP contribution in [0, 0.1) is 0 Å². The van der Waals surface area contributed by atoms with Crippen LogP contribution in [-0.2, 0) is 11.2 Å². The van der Waals surface area contributed by atoms with E-state index in [0.29, 0.717) is 23.2 Å². The van der Waals surface area contributed by atoms with E-state index in [0.717, 1.165) is 17.1 Å². The van der Waals surface area contributed by atoms with Gasteiger partial charge in [-0.1, -0.05) is 25.4 Å². The molecule has 2 rings (SSSR count). The number of amides is 1. The lowest BCUT2D eigenvalue weighted by atomic mass is 10.2. The molecular formula is C16H19ClN2O2S. The molecule has 0 fully saturated rings. The van der Waals surface area contributed by atoms with Crippen LogP contribution < -0.4 is 10.1 Å². The van der Waals surface area contributed by atoms with E-state index in [1.54, 1.807) is 35.6 Å². The molecule has 118 valence electrons. The zero-order valence-corrected chi connectivity index (χ0v) is 14.2. The normalized spacial score (nSPS) is 10.7. The molecule has 0 atom stereocenters. The Labute approximate surface area is 139 Å². The summed E-state index contributed by atoms with van der Waals surface area (Å²) in [5, 5.41) is 6.59. The molecule has 0 aliphatic carbocycles. The van der Waals surface area contributed by atoms with Crippen molar-refractivity contribution < 1.29 is 9.53 Å². The van der Waals surface area contributed by atoms with Crippen molar-refractivity contribution in [2.24, 2.45) is 0 Å². The van der Waals surface area contributed by atoms with Crippen LogP contribution in [0.1, 0.15) is 30.5 Å². The first-order valence-electron chi connectivity index (χ1n) is 7.14. The molecule has 1 aromatic carbocycles. The summed E-state index contributed by atoms with van der Waals surface area (Å²) in [6.07, 6.45) is 0.740. The molecule has 6 heteroatoms. The molecule has 4 nitrogen and oxygen atoms in total. The number of benzene rings is 1. The molecule has 1 heterocycles. The third kappa shape index (κ3) is 5.31. The Kier molecular flexibility index (Phi) is 6.21. The van der Waals surface area contributed by atoms with Crippen LogP contribution in [0.25, 0.3) is 0 Å². The van der Waals surface area contributed by atoms with Gasteiger partial charge in [0.25, 0.3) is 5.91 Å². The van der Waals surface area contributed by atoms with Gasteiger partial charge in [-0.05, 0) is 30.2 Å². The first kappa shape index (κ1) is 16.8. The van der Waals surface area contributed by atoms with Crippen molar-refractivity contribution in [3.8, 4) is 5.75 Å². The topological polar surface area (TPSA) is 51.2 Å². The van der Waals surface area contributed by atoms with Crippen LogP contribution in [0.5, 0.6) is 5.75 Å². The van der Waals surface area contributed by atoms with Crippen LogP contribution in [0.2, 0.25) is 5.02 Å². The average molecular weight is 339 g/mol. The van der Waals surface area contributed by atoms with Gasteiger partial charge < -0.3 is 10.1 Å². The van der Waals surface area contributed by atoms with Crippen molar-refractivity contribution in [3.63, 3.8) is 0 Å². The molecule has 1 amide bonds. The lowest BCUT2D eigenvalue weighted by molar-refractivity contribution is -0.123. The van der Waals surface area contributed by atoms with Crippen molar-refractivity contribution in [2.45, 2.75) is 26.2 Å². The summed E-state index contributed by atoms with van der Waals surface area (Å²) < 4.78 is 5.38. The fourth-order valence-corrected chi connectivity index (χ4v) is 2.83. The van der Waals surface area contributed by atoms with Crippen LogP contribution in [-0.4, -0.2) is 24.0 Å². The minimum Gasteiger partial charge on any atom is -0.484 e. The number of aromatic nitrogens is 1. The van der Waals surface area contributed by atoms with Crippen molar-refractivity contribution in [3.05, 3.63) is 45.4 Å². The van der Waals surface area contributed by atoms with E-state index in [9.17, 15) is 4.79 Å². The SMILES string of the molecule is CC(C)c1csc(CCNC(=O)COc2ccc(Cl)cc2)n1. The molecule has 0 unspecified atom stereocenters. The third-order valence-electron chi connectivity index (χ3n) is 3.01. The fraction of sp³-hybridized carbons (Fsp3) is 0.375. The van der Waals surface area contributed by atoms with Gasteiger partial charge in [0, 0.05) is 23.4 Å². The number of hydrogen-bond acceptors (Lipinski definition) is 4. The van der Waals surface area contributed by atoms with Gasteiger partial charge >= 0.3 is 0 Å². The predicted octanol–water partition coefficient (Wildman–Crippen LogP) is 3.66. The van der Waals surface area contributed by atoms with E-state index in [1.807, 2.05) is 0 Å². The van der Waals surface area contributed by atoms with Crippen molar-refractivity contribution >= 4 is 28.8 Å². The van der Waals surface area contributed by atoms with E-state index in [2.05, 4.69) is 29.5 Å². The van der Waals surface area contributed by atoms with Gasteiger partial charge in [0.2, 0.25) is 0 Å². The Bertz CT molecular complexity index is 611. The number of halogens is 1. The Balaban J connectivity index is 1.68. The summed E-state index contributed by atoms with van der Waals surface area (Å²) in [4.78, 5) is 16.2. The summed E-state index contributed by atoms with van der Waals surface area (Å²) in [6, 6.07) is 6.92. The molecular weight excluding hydrogens is 320 g/mol. The van der Waals surface area contributed by atoms with E-state index in [-0.39, 0.29) is 12.5 Å². The summed E-state index contributed by atoms with van der Waals surface area (Å²) >= 11 is 7.42. The number of ether oxygens (including phenoxy) is 1. The lowest BCUT2D eigenvalue weighted by Gasteiger charge is -2.07. The third-order valence-corrected chi connectivity index (χ3v) is 4.18.